The topological polar surface area (TPSA) is 85.2 Å². The van der Waals surface area contributed by atoms with E-state index in [4.69, 9.17) is 5.26 Å². The molecule has 0 aliphatic heterocycles. The van der Waals surface area contributed by atoms with Crippen LogP contribution < -0.4 is 10.6 Å². The van der Waals surface area contributed by atoms with Crippen LogP contribution in [0.3, 0.4) is 0 Å². The number of hydrogen-bond acceptors (Lipinski definition) is 4. The predicted molar refractivity (Wildman–Crippen MR) is 99.5 cm³/mol. The molecule has 5 nitrogen and oxygen atoms in total. The smallest absolute Gasteiger partial charge is 0.263 e. The Hall–Kier alpha value is -2.78. The maximum atomic E-state index is 12.0. The SMILES string of the molecule is N#C/C(=C/NCc1ccc(Br)cc1)C(=O)NCCc1ccc(O)cc1. The van der Waals surface area contributed by atoms with Gasteiger partial charge in [-0.15, -0.1) is 0 Å². The number of halogens is 1. The monoisotopic (exact) mass is 399 g/mol. The van der Waals surface area contributed by atoms with Crippen molar-refractivity contribution in [3.05, 3.63) is 75.9 Å². The number of phenolic OH excluding ortho intramolecular Hbond substituents is 1. The van der Waals surface area contributed by atoms with Crippen LogP contribution in [0.5, 0.6) is 5.75 Å². The maximum Gasteiger partial charge on any atom is 0.263 e. The first-order valence-corrected chi connectivity index (χ1v) is 8.52. The Bertz CT molecular complexity index is 778. The number of aromatic hydroxyl groups is 1. The largest absolute Gasteiger partial charge is 0.508 e. The fraction of sp³-hybridized carbons (Fsp3) is 0.158. The highest BCUT2D eigenvalue weighted by atomic mass is 79.9. The summed E-state index contributed by atoms with van der Waals surface area (Å²) in [5.74, 6) is -0.205. The summed E-state index contributed by atoms with van der Waals surface area (Å²) >= 11 is 3.37. The third-order valence-electron chi connectivity index (χ3n) is 3.47. The second-order valence-electron chi connectivity index (χ2n) is 5.35. The molecule has 0 saturated heterocycles. The second kappa shape index (κ2) is 9.50. The number of nitrogens with zero attached hydrogens (tertiary/aromatic N) is 1. The predicted octanol–water partition coefficient (Wildman–Crippen LogP) is 3.01. The van der Waals surface area contributed by atoms with Gasteiger partial charge in [-0.05, 0) is 41.8 Å². The summed E-state index contributed by atoms with van der Waals surface area (Å²) in [7, 11) is 0. The minimum Gasteiger partial charge on any atom is -0.508 e. The van der Waals surface area contributed by atoms with Crippen LogP contribution in [0.2, 0.25) is 0 Å². The first kappa shape index (κ1) is 18.6. The standard InChI is InChI=1S/C19H18BrN3O2/c20-17-5-1-15(2-6-17)12-22-13-16(11-21)19(25)23-10-9-14-3-7-18(24)8-4-14/h1-8,13,22,24H,9-10,12H2,(H,23,25)/b16-13-. The van der Waals surface area contributed by atoms with Gasteiger partial charge in [0, 0.05) is 23.8 Å². The van der Waals surface area contributed by atoms with E-state index in [1.165, 1.54) is 6.20 Å². The van der Waals surface area contributed by atoms with Crippen molar-refractivity contribution in [2.45, 2.75) is 13.0 Å². The lowest BCUT2D eigenvalue weighted by Crippen LogP contribution is -2.27. The number of benzene rings is 2. The van der Waals surface area contributed by atoms with Crippen molar-refractivity contribution in [3.8, 4) is 11.8 Å². The lowest BCUT2D eigenvalue weighted by molar-refractivity contribution is -0.117. The molecule has 0 unspecified atom stereocenters. The van der Waals surface area contributed by atoms with Crippen LogP contribution >= 0.6 is 15.9 Å². The summed E-state index contributed by atoms with van der Waals surface area (Å²) < 4.78 is 0.998. The molecule has 128 valence electrons. The minimum absolute atomic E-state index is 0.0304. The number of nitriles is 1. The van der Waals surface area contributed by atoms with Crippen LogP contribution in [-0.2, 0) is 17.8 Å². The quantitative estimate of drug-likeness (QED) is 0.493. The van der Waals surface area contributed by atoms with E-state index in [0.717, 1.165) is 15.6 Å². The van der Waals surface area contributed by atoms with Gasteiger partial charge in [0.2, 0.25) is 0 Å². The summed E-state index contributed by atoms with van der Waals surface area (Å²) in [6.45, 7) is 0.939. The van der Waals surface area contributed by atoms with E-state index >= 15 is 0 Å². The molecule has 25 heavy (non-hydrogen) atoms. The summed E-state index contributed by atoms with van der Waals surface area (Å²) in [6.07, 6.45) is 2.05. The zero-order valence-electron chi connectivity index (χ0n) is 13.5. The van der Waals surface area contributed by atoms with Crippen molar-refractivity contribution in [2.75, 3.05) is 6.54 Å². The number of nitrogens with one attached hydrogen (secondary N) is 2. The molecule has 0 aromatic heterocycles. The van der Waals surface area contributed by atoms with Crippen LogP contribution in [0.15, 0.2) is 64.8 Å². The Morgan fingerprint density at radius 1 is 1.12 bits per heavy atom. The number of hydrogen-bond donors (Lipinski definition) is 3. The van der Waals surface area contributed by atoms with Gasteiger partial charge < -0.3 is 15.7 Å². The molecule has 0 atom stereocenters. The molecule has 2 aromatic carbocycles. The fourth-order valence-corrected chi connectivity index (χ4v) is 2.36. The molecule has 0 radical (unpaired) electrons. The van der Waals surface area contributed by atoms with Gasteiger partial charge in [-0.1, -0.05) is 40.2 Å². The average Bonchev–Trinajstić information content (AvgIpc) is 2.62. The zero-order chi connectivity index (χ0) is 18.1. The molecular formula is C19H18BrN3O2. The third kappa shape index (κ3) is 6.32. The molecular weight excluding hydrogens is 382 g/mol. The number of amides is 1. The summed E-state index contributed by atoms with van der Waals surface area (Å²) in [4.78, 5) is 12.0. The van der Waals surface area contributed by atoms with Gasteiger partial charge in [-0.25, -0.2) is 0 Å². The van der Waals surface area contributed by atoms with Crippen molar-refractivity contribution >= 4 is 21.8 Å². The van der Waals surface area contributed by atoms with E-state index in [1.807, 2.05) is 30.3 Å². The van der Waals surface area contributed by atoms with Crippen LogP contribution in [0.25, 0.3) is 0 Å². The van der Waals surface area contributed by atoms with E-state index in [9.17, 15) is 9.90 Å². The van der Waals surface area contributed by atoms with Gasteiger partial charge in [-0.3, -0.25) is 4.79 Å². The molecule has 0 fully saturated rings. The number of phenols is 1. The van der Waals surface area contributed by atoms with Gasteiger partial charge >= 0.3 is 0 Å². The highest BCUT2D eigenvalue weighted by Gasteiger charge is 2.07. The molecule has 0 heterocycles. The maximum absolute atomic E-state index is 12.0. The zero-order valence-corrected chi connectivity index (χ0v) is 15.1. The van der Waals surface area contributed by atoms with Crippen molar-refractivity contribution in [2.24, 2.45) is 0 Å². The minimum atomic E-state index is -0.412. The van der Waals surface area contributed by atoms with E-state index in [-0.39, 0.29) is 11.3 Å². The van der Waals surface area contributed by atoms with Gasteiger partial charge in [0.25, 0.3) is 5.91 Å². The Labute approximate surface area is 155 Å². The van der Waals surface area contributed by atoms with Gasteiger partial charge in [0.15, 0.2) is 0 Å². The van der Waals surface area contributed by atoms with Crippen molar-refractivity contribution in [1.82, 2.24) is 10.6 Å². The van der Waals surface area contributed by atoms with Crippen LogP contribution in [-0.4, -0.2) is 17.6 Å². The first-order chi connectivity index (χ1) is 12.1. The molecule has 3 N–H and O–H groups in total. The van der Waals surface area contributed by atoms with E-state index in [0.29, 0.717) is 19.5 Å². The fourth-order valence-electron chi connectivity index (χ4n) is 2.10. The Balaban J connectivity index is 1.80. The summed E-state index contributed by atoms with van der Waals surface area (Å²) in [5.41, 5.74) is 2.07. The van der Waals surface area contributed by atoms with Crippen molar-refractivity contribution < 1.29 is 9.90 Å². The number of carbonyl (C=O) groups excluding carboxylic acids is 1. The molecule has 0 bridgehead atoms. The average molecular weight is 400 g/mol. The Morgan fingerprint density at radius 3 is 2.40 bits per heavy atom. The summed E-state index contributed by atoms with van der Waals surface area (Å²) in [6, 6.07) is 16.5. The highest BCUT2D eigenvalue weighted by molar-refractivity contribution is 9.10. The lowest BCUT2D eigenvalue weighted by Gasteiger charge is -2.06. The first-order valence-electron chi connectivity index (χ1n) is 7.72. The van der Waals surface area contributed by atoms with Crippen LogP contribution in [0.1, 0.15) is 11.1 Å². The molecule has 2 aromatic rings. The molecule has 0 aliphatic rings. The molecule has 0 aliphatic carbocycles. The van der Waals surface area contributed by atoms with Crippen molar-refractivity contribution in [3.63, 3.8) is 0 Å². The number of rotatable bonds is 7. The lowest BCUT2D eigenvalue weighted by atomic mass is 10.1. The van der Waals surface area contributed by atoms with Crippen molar-refractivity contribution in [1.29, 1.82) is 5.26 Å². The third-order valence-corrected chi connectivity index (χ3v) is 4.00. The second-order valence-corrected chi connectivity index (χ2v) is 6.27. The molecule has 0 saturated carbocycles. The summed E-state index contributed by atoms with van der Waals surface area (Å²) in [5, 5.41) is 24.0. The molecule has 0 spiro atoms. The van der Waals surface area contributed by atoms with E-state index in [1.54, 1.807) is 24.3 Å². The highest BCUT2D eigenvalue weighted by Crippen LogP contribution is 2.11. The molecule has 2 rings (SSSR count). The molecule has 1 amide bonds. The van der Waals surface area contributed by atoms with E-state index in [2.05, 4.69) is 26.6 Å². The normalized spacial score (nSPS) is 10.8. The van der Waals surface area contributed by atoms with Crippen LogP contribution in [0, 0.1) is 11.3 Å². The van der Waals surface area contributed by atoms with Crippen LogP contribution in [0.4, 0.5) is 0 Å². The van der Waals surface area contributed by atoms with E-state index < -0.39 is 5.91 Å². The number of carbonyl (C=O) groups is 1. The van der Waals surface area contributed by atoms with Gasteiger partial charge in [0.1, 0.15) is 17.4 Å². The Morgan fingerprint density at radius 2 is 1.76 bits per heavy atom. The van der Waals surface area contributed by atoms with Gasteiger partial charge in [0.05, 0.1) is 0 Å². The molecule has 6 heteroatoms. The van der Waals surface area contributed by atoms with Gasteiger partial charge in [-0.2, -0.15) is 5.26 Å². The Kier molecular flexibility index (Phi) is 7.05.